The number of benzene rings is 1. The van der Waals surface area contributed by atoms with E-state index in [-0.39, 0.29) is 6.42 Å². The lowest BCUT2D eigenvalue weighted by atomic mass is 10.0. The van der Waals surface area contributed by atoms with E-state index in [9.17, 15) is 8.78 Å². The third kappa shape index (κ3) is 3.81. The number of methoxy groups -OCH3 is 1. The zero-order valence-corrected chi connectivity index (χ0v) is 13.9. The summed E-state index contributed by atoms with van der Waals surface area (Å²) in [6.07, 6.45) is 5.61. The van der Waals surface area contributed by atoms with E-state index in [1.165, 1.54) is 13.2 Å². The standard InChI is InChI=1S/C19H14F2N4O/c1-26-19-15(14-2-3-16(20)17(21)8-14)7-12(9-25-19)6-13-10-23-18(4-5-22)24-11-13/h2-3,7-11H,4,6H2,1H3. The molecule has 0 fully saturated rings. The minimum Gasteiger partial charge on any atom is -0.481 e. The summed E-state index contributed by atoms with van der Waals surface area (Å²) in [6, 6.07) is 7.45. The molecule has 1 aromatic carbocycles. The molecular formula is C19H14F2N4O. The predicted octanol–water partition coefficient (Wildman–Crippen LogP) is 3.48. The largest absolute Gasteiger partial charge is 0.481 e. The molecule has 0 bridgehead atoms. The first-order chi connectivity index (χ1) is 12.6. The maximum absolute atomic E-state index is 13.6. The van der Waals surface area contributed by atoms with E-state index in [2.05, 4.69) is 15.0 Å². The highest BCUT2D eigenvalue weighted by atomic mass is 19.2. The number of aromatic nitrogens is 3. The normalized spacial score (nSPS) is 10.4. The van der Waals surface area contributed by atoms with Crippen LogP contribution in [0.5, 0.6) is 5.88 Å². The highest BCUT2D eigenvalue weighted by Gasteiger charge is 2.12. The second kappa shape index (κ2) is 7.66. The molecule has 0 aliphatic heterocycles. The first-order valence-corrected chi connectivity index (χ1v) is 7.75. The Morgan fingerprint density at radius 1 is 1.00 bits per heavy atom. The van der Waals surface area contributed by atoms with Gasteiger partial charge in [0.15, 0.2) is 11.6 Å². The molecule has 0 unspecified atom stereocenters. The Labute approximate surface area is 149 Å². The fraction of sp³-hybridized carbons (Fsp3) is 0.158. The van der Waals surface area contributed by atoms with Gasteiger partial charge in [0.1, 0.15) is 5.82 Å². The van der Waals surface area contributed by atoms with Crippen molar-refractivity contribution in [3.63, 3.8) is 0 Å². The van der Waals surface area contributed by atoms with Crippen LogP contribution in [0.25, 0.3) is 11.1 Å². The van der Waals surface area contributed by atoms with E-state index in [1.807, 2.05) is 12.1 Å². The van der Waals surface area contributed by atoms with Crippen LogP contribution in [0.1, 0.15) is 17.0 Å². The van der Waals surface area contributed by atoms with Crippen LogP contribution in [-0.2, 0) is 12.8 Å². The van der Waals surface area contributed by atoms with Crippen molar-refractivity contribution in [1.29, 1.82) is 5.26 Å². The Morgan fingerprint density at radius 2 is 1.73 bits per heavy atom. The maximum atomic E-state index is 13.6. The number of hydrogen-bond donors (Lipinski definition) is 0. The molecule has 26 heavy (non-hydrogen) atoms. The molecule has 5 nitrogen and oxygen atoms in total. The smallest absolute Gasteiger partial charge is 0.221 e. The lowest BCUT2D eigenvalue weighted by Gasteiger charge is -2.10. The molecule has 2 aromatic heterocycles. The topological polar surface area (TPSA) is 71.7 Å². The number of rotatable bonds is 5. The average molecular weight is 352 g/mol. The summed E-state index contributed by atoms with van der Waals surface area (Å²) in [5, 5.41) is 8.65. The van der Waals surface area contributed by atoms with Crippen molar-refractivity contribution in [2.24, 2.45) is 0 Å². The first kappa shape index (κ1) is 17.4. The highest BCUT2D eigenvalue weighted by molar-refractivity contribution is 5.69. The molecule has 0 radical (unpaired) electrons. The minimum absolute atomic E-state index is 0.157. The Kier molecular flexibility index (Phi) is 5.13. The van der Waals surface area contributed by atoms with Crippen molar-refractivity contribution < 1.29 is 13.5 Å². The van der Waals surface area contributed by atoms with Crippen molar-refractivity contribution in [3.8, 4) is 23.1 Å². The van der Waals surface area contributed by atoms with Gasteiger partial charge in [0.05, 0.1) is 19.6 Å². The van der Waals surface area contributed by atoms with Crippen LogP contribution in [0, 0.1) is 23.0 Å². The van der Waals surface area contributed by atoms with Crippen LogP contribution in [0.4, 0.5) is 8.78 Å². The number of hydrogen-bond acceptors (Lipinski definition) is 5. The Morgan fingerprint density at radius 3 is 2.38 bits per heavy atom. The third-order valence-corrected chi connectivity index (χ3v) is 3.74. The molecular weight excluding hydrogens is 338 g/mol. The van der Waals surface area contributed by atoms with Gasteiger partial charge >= 0.3 is 0 Å². The van der Waals surface area contributed by atoms with Gasteiger partial charge in [-0.3, -0.25) is 0 Å². The Bertz CT molecular complexity index is 968. The number of nitrogens with zero attached hydrogens (tertiary/aromatic N) is 4. The number of ether oxygens (including phenoxy) is 1. The molecule has 0 aliphatic rings. The van der Waals surface area contributed by atoms with Crippen LogP contribution in [-0.4, -0.2) is 22.1 Å². The van der Waals surface area contributed by atoms with Crippen molar-refractivity contribution in [2.75, 3.05) is 7.11 Å². The quantitative estimate of drug-likeness (QED) is 0.703. The molecule has 130 valence electrons. The summed E-state index contributed by atoms with van der Waals surface area (Å²) in [5.41, 5.74) is 2.71. The number of pyridine rings is 1. The van der Waals surface area contributed by atoms with Gasteiger partial charge in [0.25, 0.3) is 0 Å². The number of halogens is 2. The SMILES string of the molecule is COc1ncc(Cc2cnc(CC#N)nc2)cc1-c1ccc(F)c(F)c1. The van der Waals surface area contributed by atoms with Crippen LogP contribution in [0.3, 0.4) is 0 Å². The predicted molar refractivity (Wildman–Crippen MR) is 90.3 cm³/mol. The molecule has 2 heterocycles. The van der Waals surface area contributed by atoms with Gasteiger partial charge in [0.2, 0.25) is 5.88 Å². The zero-order chi connectivity index (χ0) is 18.5. The summed E-state index contributed by atoms with van der Waals surface area (Å²) in [4.78, 5) is 12.5. The van der Waals surface area contributed by atoms with E-state index in [1.54, 1.807) is 18.6 Å². The zero-order valence-electron chi connectivity index (χ0n) is 13.9. The third-order valence-electron chi connectivity index (χ3n) is 3.74. The van der Waals surface area contributed by atoms with Crippen LogP contribution in [0.15, 0.2) is 42.9 Å². The Hall–Kier alpha value is -3.40. The van der Waals surface area contributed by atoms with Gasteiger partial charge in [-0.05, 0) is 34.9 Å². The maximum Gasteiger partial charge on any atom is 0.221 e. The summed E-state index contributed by atoms with van der Waals surface area (Å²) in [6.45, 7) is 0. The molecule has 0 atom stereocenters. The molecule has 0 saturated carbocycles. The van der Waals surface area contributed by atoms with Crippen LogP contribution in [0.2, 0.25) is 0 Å². The fourth-order valence-corrected chi connectivity index (χ4v) is 2.50. The van der Waals surface area contributed by atoms with Crippen molar-refractivity contribution in [3.05, 3.63) is 71.4 Å². The lowest BCUT2D eigenvalue weighted by molar-refractivity contribution is 0.399. The molecule has 0 spiro atoms. The molecule has 0 amide bonds. The van der Waals surface area contributed by atoms with E-state index < -0.39 is 11.6 Å². The first-order valence-electron chi connectivity index (χ1n) is 7.75. The van der Waals surface area contributed by atoms with Crippen molar-refractivity contribution in [2.45, 2.75) is 12.8 Å². The van der Waals surface area contributed by atoms with Gasteiger partial charge in [-0.25, -0.2) is 23.7 Å². The molecule has 3 aromatic rings. The average Bonchev–Trinajstić information content (AvgIpc) is 2.66. The van der Waals surface area contributed by atoms with E-state index in [0.717, 1.165) is 23.3 Å². The second-order valence-corrected chi connectivity index (χ2v) is 5.55. The van der Waals surface area contributed by atoms with Gasteiger partial charge in [-0.2, -0.15) is 5.26 Å². The lowest BCUT2D eigenvalue weighted by Crippen LogP contribution is -1.99. The molecule has 0 aliphatic carbocycles. The van der Waals surface area contributed by atoms with Crippen LogP contribution < -0.4 is 4.74 Å². The number of nitriles is 1. The molecule has 7 heteroatoms. The summed E-state index contributed by atoms with van der Waals surface area (Å²) >= 11 is 0. The molecule has 0 saturated heterocycles. The van der Waals surface area contributed by atoms with E-state index in [4.69, 9.17) is 10.00 Å². The van der Waals surface area contributed by atoms with E-state index in [0.29, 0.717) is 29.3 Å². The van der Waals surface area contributed by atoms with Gasteiger partial charge in [0, 0.05) is 30.6 Å². The van der Waals surface area contributed by atoms with Crippen molar-refractivity contribution in [1.82, 2.24) is 15.0 Å². The van der Waals surface area contributed by atoms with Crippen LogP contribution >= 0.6 is 0 Å². The minimum atomic E-state index is -0.934. The molecule has 3 rings (SSSR count). The van der Waals surface area contributed by atoms with E-state index >= 15 is 0 Å². The summed E-state index contributed by atoms with van der Waals surface area (Å²) < 4.78 is 32.0. The molecule has 0 N–H and O–H groups in total. The summed E-state index contributed by atoms with van der Waals surface area (Å²) in [7, 11) is 1.47. The monoisotopic (exact) mass is 352 g/mol. The highest BCUT2D eigenvalue weighted by Crippen LogP contribution is 2.30. The second-order valence-electron chi connectivity index (χ2n) is 5.55. The summed E-state index contributed by atoms with van der Waals surface area (Å²) in [5.74, 6) is -1.06. The Balaban J connectivity index is 1.92. The van der Waals surface area contributed by atoms with Crippen molar-refractivity contribution >= 4 is 0 Å². The van der Waals surface area contributed by atoms with Gasteiger partial charge < -0.3 is 4.74 Å². The van der Waals surface area contributed by atoms with Gasteiger partial charge in [-0.1, -0.05) is 6.07 Å². The fourth-order valence-electron chi connectivity index (χ4n) is 2.50. The van der Waals surface area contributed by atoms with Gasteiger partial charge in [-0.15, -0.1) is 0 Å².